The number of benzene rings is 1. The molecule has 0 radical (unpaired) electrons. The van der Waals surface area contributed by atoms with Crippen molar-refractivity contribution in [1.29, 1.82) is 0 Å². The molecule has 0 saturated carbocycles. The van der Waals surface area contributed by atoms with Crippen molar-refractivity contribution in [3.8, 4) is 0 Å². The molecule has 0 unspecified atom stereocenters. The lowest BCUT2D eigenvalue weighted by Crippen LogP contribution is -2.07. The van der Waals surface area contributed by atoms with Gasteiger partial charge in [0.25, 0.3) is 0 Å². The third-order valence-electron chi connectivity index (χ3n) is 2.39. The van der Waals surface area contributed by atoms with Crippen LogP contribution in [0.3, 0.4) is 0 Å². The van der Waals surface area contributed by atoms with E-state index >= 15 is 0 Å². The molecule has 0 bridgehead atoms. The van der Waals surface area contributed by atoms with E-state index in [4.69, 9.17) is 23.2 Å². The smallest absolute Gasteiger partial charge is 0.344 e. The van der Waals surface area contributed by atoms with Crippen LogP contribution in [0.5, 0.6) is 0 Å². The van der Waals surface area contributed by atoms with Crippen molar-refractivity contribution in [3.63, 3.8) is 0 Å². The van der Waals surface area contributed by atoms with Crippen LogP contribution in [0.2, 0.25) is 10.0 Å². The number of aliphatic hydroxyl groups is 1. The van der Waals surface area contributed by atoms with Gasteiger partial charge in [-0.25, -0.2) is 4.79 Å². The predicted octanol–water partition coefficient (Wildman–Crippen LogP) is 3.45. The van der Waals surface area contributed by atoms with Gasteiger partial charge in [-0.2, -0.15) is 0 Å². The first-order valence-electron chi connectivity index (χ1n) is 5.09. The summed E-state index contributed by atoms with van der Waals surface area (Å²) < 4.78 is 4.69. The van der Waals surface area contributed by atoms with E-state index in [1.54, 1.807) is 25.1 Å². The van der Waals surface area contributed by atoms with Crippen molar-refractivity contribution in [2.75, 3.05) is 6.61 Å². The Hall–Kier alpha value is -1.52. The standard InChI is InChI=1S/C12H9Cl2NO3/c1-6(11-10(16)5-18-12(11)17)15-7-2-3-8(13)9(14)4-7/h2-4,16H,5H2,1H3. The van der Waals surface area contributed by atoms with Crippen LogP contribution >= 0.6 is 23.2 Å². The zero-order valence-corrected chi connectivity index (χ0v) is 10.9. The van der Waals surface area contributed by atoms with Gasteiger partial charge in [0.15, 0.2) is 0 Å². The van der Waals surface area contributed by atoms with Gasteiger partial charge in [0.1, 0.15) is 17.9 Å². The third-order valence-corrected chi connectivity index (χ3v) is 3.13. The van der Waals surface area contributed by atoms with Crippen LogP contribution in [-0.4, -0.2) is 23.4 Å². The fourth-order valence-corrected chi connectivity index (χ4v) is 1.85. The largest absolute Gasteiger partial charge is 0.508 e. The summed E-state index contributed by atoms with van der Waals surface area (Å²) in [6.45, 7) is 1.50. The van der Waals surface area contributed by atoms with Crippen molar-refractivity contribution in [1.82, 2.24) is 0 Å². The van der Waals surface area contributed by atoms with Gasteiger partial charge in [-0.1, -0.05) is 23.2 Å². The maximum Gasteiger partial charge on any atom is 0.344 e. The zero-order chi connectivity index (χ0) is 13.3. The molecule has 1 aliphatic rings. The summed E-state index contributed by atoms with van der Waals surface area (Å²) in [4.78, 5) is 15.6. The van der Waals surface area contributed by atoms with Crippen molar-refractivity contribution in [2.45, 2.75) is 6.92 Å². The van der Waals surface area contributed by atoms with Crippen LogP contribution in [0.1, 0.15) is 6.92 Å². The first-order valence-corrected chi connectivity index (χ1v) is 5.84. The van der Waals surface area contributed by atoms with Gasteiger partial charge >= 0.3 is 5.97 Å². The summed E-state index contributed by atoms with van der Waals surface area (Å²) in [6.07, 6.45) is 0. The van der Waals surface area contributed by atoms with Gasteiger partial charge < -0.3 is 9.84 Å². The minimum atomic E-state index is -0.575. The minimum absolute atomic E-state index is 0.0982. The first-order chi connectivity index (χ1) is 8.49. The summed E-state index contributed by atoms with van der Waals surface area (Å²) in [7, 11) is 0. The molecular weight excluding hydrogens is 277 g/mol. The Kier molecular flexibility index (Phi) is 3.59. The van der Waals surface area contributed by atoms with Crippen molar-refractivity contribution >= 4 is 40.6 Å². The van der Waals surface area contributed by atoms with E-state index in [-0.39, 0.29) is 17.9 Å². The summed E-state index contributed by atoms with van der Waals surface area (Å²) in [5, 5.41) is 10.3. The fraction of sp³-hybridized carbons (Fsp3) is 0.167. The number of aliphatic imine (C=N–C) groups is 1. The van der Waals surface area contributed by atoms with Gasteiger partial charge in [-0.3, -0.25) is 4.99 Å². The van der Waals surface area contributed by atoms with E-state index in [9.17, 15) is 9.90 Å². The number of esters is 1. The van der Waals surface area contributed by atoms with Gasteiger partial charge in [0, 0.05) is 0 Å². The molecule has 0 aliphatic carbocycles. The van der Waals surface area contributed by atoms with Crippen LogP contribution in [-0.2, 0) is 9.53 Å². The summed E-state index contributed by atoms with van der Waals surface area (Å²) >= 11 is 11.6. The topological polar surface area (TPSA) is 58.9 Å². The molecule has 94 valence electrons. The second-order valence-corrected chi connectivity index (χ2v) is 4.51. The molecule has 0 amide bonds. The number of ether oxygens (including phenoxy) is 1. The van der Waals surface area contributed by atoms with E-state index in [0.717, 1.165) is 0 Å². The molecule has 1 aromatic rings. The molecule has 1 N–H and O–H groups in total. The quantitative estimate of drug-likeness (QED) is 0.669. The number of carbonyl (C=O) groups excluding carboxylic acids is 1. The van der Waals surface area contributed by atoms with E-state index in [0.29, 0.717) is 21.4 Å². The van der Waals surface area contributed by atoms with E-state index in [1.165, 1.54) is 0 Å². The van der Waals surface area contributed by atoms with Crippen molar-refractivity contribution in [2.24, 2.45) is 4.99 Å². The Bertz CT molecular complexity index is 579. The van der Waals surface area contributed by atoms with Crippen LogP contribution in [0.25, 0.3) is 0 Å². The van der Waals surface area contributed by atoms with E-state index in [1.807, 2.05) is 0 Å². The van der Waals surface area contributed by atoms with Gasteiger partial charge in [-0.05, 0) is 25.1 Å². The molecule has 4 nitrogen and oxygen atoms in total. The second kappa shape index (κ2) is 5.00. The molecular formula is C12H9Cl2NO3. The molecule has 0 saturated heterocycles. The molecule has 0 aromatic heterocycles. The molecule has 6 heteroatoms. The highest BCUT2D eigenvalue weighted by Crippen LogP contribution is 2.27. The molecule has 1 aromatic carbocycles. The lowest BCUT2D eigenvalue weighted by Gasteiger charge is -2.01. The Balaban J connectivity index is 2.36. The minimum Gasteiger partial charge on any atom is -0.508 e. The lowest BCUT2D eigenvalue weighted by molar-refractivity contribution is -0.135. The molecule has 0 atom stereocenters. The van der Waals surface area contributed by atoms with Gasteiger partial charge in [0.2, 0.25) is 0 Å². The van der Waals surface area contributed by atoms with Crippen LogP contribution in [0.4, 0.5) is 5.69 Å². The highest BCUT2D eigenvalue weighted by molar-refractivity contribution is 6.42. The van der Waals surface area contributed by atoms with E-state index in [2.05, 4.69) is 9.73 Å². The molecule has 2 rings (SSSR count). The van der Waals surface area contributed by atoms with Gasteiger partial charge in [0.05, 0.1) is 21.4 Å². The van der Waals surface area contributed by atoms with Crippen molar-refractivity contribution < 1.29 is 14.6 Å². The number of carbonyl (C=O) groups is 1. The third kappa shape index (κ3) is 2.49. The first kappa shape index (κ1) is 12.9. The lowest BCUT2D eigenvalue weighted by atomic mass is 10.1. The number of rotatable bonds is 2. The average molecular weight is 286 g/mol. The highest BCUT2D eigenvalue weighted by atomic mass is 35.5. The molecule has 0 spiro atoms. The molecule has 1 aliphatic heterocycles. The number of cyclic esters (lactones) is 1. The number of halogens is 2. The normalized spacial score (nSPS) is 16.2. The molecule has 0 fully saturated rings. The Labute approximate surface area is 113 Å². The zero-order valence-electron chi connectivity index (χ0n) is 9.41. The number of hydrogen-bond acceptors (Lipinski definition) is 4. The predicted molar refractivity (Wildman–Crippen MR) is 69.8 cm³/mol. The summed E-state index contributed by atoms with van der Waals surface area (Å²) in [5.74, 6) is -0.685. The van der Waals surface area contributed by atoms with Gasteiger partial charge in [-0.15, -0.1) is 0 Å². The Morgan fingerprint density at radius 2 is 2.11 bits per heavy atom. The summed E-state index contributed by atoms with van der Waals surface area (Å²) in [5.41, 5.74) is 1.01. The highest BCUT2D eigenvalue weighted by Gasteiger charge is 2.26. The van der Waals surface area contributed by atoms with E-state index < -0.39 is 5.97 Å². The number of aliphatic hydroxyl groups excluding tert-OH is 1. The van der Waals surface area contributed by atoms with Crippen LogP contribution in [0, 0.1) is 0 Å². The summed E-state index contributed by atoms with van der Waals surface area (Å²) in [6, 6.07) is 4.85. The number of hydrogen-bond donors (Lipinski definition) is 1. The Morgan fingerprint density at radius 3 is 2.67 bits per heavy atom. The maximum atomic E-state index is 11.4. The van der Waals surface area contributed by atoms with Crippen LogP contribution in [0.15, 0.2) is 34.5 Å². The Morgan fingerprint density at radius 1 is 1.39 bits per heavy atom. The van der Waals surface area contributed by atoms with Crippen LogP contribution < -0.4 is 0 Å². The van der Waals surface area contributed by atoms with Crippen molar-refractivity contribution in [3.05, 3.63) is 39.6 Å². The average Bonchev–Trinajstić information content (AvgIpc) is 2.64. The SMILES string of the molecule is CC(=Nc1ccc(Cl)c(Cl)c1)C1=C(O)COC1=O. The monoisotopic (exact) mass is 285 g/mol. The fourth-order valence-electron chi connectivity index (χ4n) is 1.56. The molecule has 1 heterocycles. The molecule has 18 heavy (non-hydrogen) atoms. The number of nitrogens with zero attached hydrogens (tertiary/aromatic N) is 1. The second-order valence-electron chi connectivity index (χ2n) is 3.69. The maximum absolute atomic E-state index is 11.4.